The predicted octanol–water partition coefficient (Wildman–Crippen LogP) is 2.69. The molecule has 0 bridgehead atoms. The van der Waals surface area contributed by atoms with Crippen LogP contribution < -0.4 is 0 Å². The molecule has 1 fully saturated rings. The highest BCUT2D eigenvalue weighted by atomic mass is 16.5. The molecule has 2 nitrogen and oxygen atoms in total. The Bertz CT molecular complexity index is 114. The lowest BCUT2D eigenvalue weighted by molar-refractivity contribution is -0.134. The van der Waals surface area contributed by atoms with Crippen molar-refractivity contribution in [2.45, 2.75) is 38.5 Å². The van der Waals surface area contributed by atoms with Crippen molar-refractivity contribution in [2.75, 3.05) is 7.11 Å². The summed E-state index contributed by atoms with van der Waals surface area (Å²) in [5, 5.41) is 0. The van der Waals surface area contributed by atoms with Gasteiger partial charge in [0.1, 0.15) is 0 Å². The summed E-state index contributed by atoms with van der Waals surface area (Å²) in [6.45, 7) is 3.16. The minimum atomic E-state index is -0.394. The average molecular weight is 170 g/mol. The van der Waals surface area contributed by atoms with Crippen LogP contribution in [0.2, 0.25) is 0 Å². The van der Waals surface area contributed by atoms with Gasteiger partial charge in [0.15, 0.2) is 0 Å². The van der Waals surface area contributed by atoms with Gasteiger partial charge in [0, 0.05) is 6.08 Å². The Morgan fingerprint density at radius 2 is 1.50 bits per heavy atom. The van der Waals surface area contributed by atoms with E-state index < -0.39 is 5.97 Å². The van der Waals surface area contributed by atoms with Crippen LogP contribution in [0.4, 0.5) is 0 Å². The van der Waals surface area contributed by atoms with E-state index in [1.807, 2.05) is 0 Å². The Labute approximate surface area is 74.6 Å². The van der Waals surface area contributed by atoms with Gasteiger partial charge in [-0.15, -0.1) is 0 Å². The Morgan fingerprint density at radius 3 is 1.58 bits per heavy atom. The lowest BCUT2D eigenvalue weighted by Gasteiger charge is -2.05. The van der Waals surface area contributed by atoms with Crippen LogP contribution in [0.5, 0.6) is 0 Å². The molecule has 0 heterocycles. The quantitative estimate of drug-likeness (QED) is 0.446. The van der Waals surface area contributed by atoms with Crippen molar-refractivity contribution in [2.24, 2.45) is 0 Å². The molecule has 1 aliphatic rings. The lowest BCUT2D eigenvalue weighted by Crippen LogP contribution is -1.91. The third-order valence-electron chi connectivity index (χ3n) is 1.87. The van der Waals surface area contributed by atoms with Crippen LogP contribution in [0, 0.1) is 0 Å². The summed E-state index contributed by atoms with van der Waals surface area (Å²) in [5.74, 6) is -0.394. The first-order valence-corrected chi connectivity index (χ1v) is 4.51. The van der Waals surface area contributed by atoms with E-state index in [1.165, 1.54) is 45.6 Å². The fourth-order valence-electron chi connectivity index (χ4n) is 1.14. The molecule has 0 N–H and O–H groups in total. The molecule has 1 aliphatic carbocycles. The molecule has 12 heavy (non-hydrogen) atoms. The van der Waals surface area contributed by atoms with Crippen LogP contribution >= 0.6 is 0 Å². The van der Waals surface area contributed by atoms with Crippen molar-refractivity contribution in [1.82, 2.24) is 0 Å². The summed E-state index contributed by atoms with van der Waals surface area (Å²) in [7, 11) is 1.31. The summed E-state index contributed by atoms with van der Waals surface area (Å²) < 4.78 is 4.14. The second-order valence-electron chi connectivity index (χ2n) is 2.85. The molecule has 0 aliphatic heterocycles. The first-order valence-electron chi connectivity index (χ1n) is 4.51. The fourth-order valence-corrected chi connectivity index (χ4v) is 1.14. The van der Waals surface area contributed by atoms with Gasteiger partial charge in [-0.1, -0.05) is 45.1 Å². The van der Waals surface area contributed by atoms with Crippen molar-refractivity contribution in [3.8, 4) is 0 Å². The van der Waals surface area contributed by atoms with Crippen LogP contribution in [-0.2, 0) is 9.53 Å². The molecule has 1 saturated carbocycles. The monoisotopic (exact) mass is 170 g/mol. The zero-order valence-corrected chi connectivity index (χ0v) is 7.84. The third kappa shape index (κ3) is 7.32. The summed E-state index contributed by atoms with van der Waals surface area (Å²) in [4.78, 5) is 9.84. The van der Waals surface area contributed by atoms with Gasteiger partial charge in [0.25, 0.3) is 0 Å². The number of methoxy groups -OCH3 is 1. The Kier molecular flexibility index (Phi) is 7.76. The van der Waals surface area contributed by atoms with E-state index in [2.05, 4.69) is 11.3 Å². The number of ether oxygens (including phenoxy) is 1. The summed E-state index contributed by atoms with van der Waals surface area (Å²) in [6, 6.07) is 0. The average Bonchev–Trinajstić information content (AvgIpc) is 2.20. The van der Waals surface area contributed by atoms with E-state index in [-0.39, 0.29) is 0 Å². The number of carbonyl (C=O) groups is 1. The predicted molar refractivity (Wildman–Crippen MR) is 49.9 cm³/mol. The van der Waals surface area contributed by atoms with E-state index >= 15 is 0 Å². The molecule has 0 atom stereocenters. The van der Waals surface area contributed by atoms with Gasteiger partial charge in [0.05, 0.1) is 7.11 Å². The summed E-state index contributed by atoms with van der Waals surface area (Å²) >= 11 is 0. The minimum Gasteiger partial charge on any atom is -0.466 e. The standard InChI is InChI=1S/C6H12.C4H6O2/c1-2-4-6-5-3-1;1-3-4(5)6-2/h1-6H2;3H,1H2,2H3. The number of hydrogen-bond acceptors (Lipinski definition) is 2. The van der Waals surface area contributed by atoms with Crippen molar-refractivity contribution in [1.29, 1.82) is 0 Å². The molecule has 0 radical (unpaired) electrons. The van der Waals surface area contributed by atoms with Gasteiger partial charge in [-0.3, -0.25) is 0 Å². The van der Waals surface area contributed by atoms with Gasteiger partial charge in [-0.25, -0.2) is 4.79 Å². The maximum Gasteiger partial charge on any atom is 0.329 e. The van der Waals surface area contributed by atoms with Crippen molar-refractivity contribution in [3.63, 3.8) is 0 Å². The van der Waals surface area contributed by atoms with Crippen LogP contribution in [-0.4, -0.2) is 13.1 Å². The van der Waals surface area contributed by atoms with Crippen LogP contribution in [0.1, 0.15) is 38.5 Å². The van der Waals surface area contributed by atoms with Crippen LogP contribution in [0.15, 0.2) is 12.7 Å². The Morgan fingerprint density at radius 1 is 1.17 bits per heavy atom. The number of carbonyl (C=O) groups excluding carboxylic acids is 1. The fraction of sp³-hybridized carbons (Fsp3) is 0.700. The molecular weight excluding hydrogens is 152 g/mol. The van der Waals surface area contributed by atoms with E-state index in [0.29, 0.717) is 0 Å². The molecule has 2 heteroatoms. The second kappa shape index (κ2) is 8.31. The number of esters is 1. The number of hydrogen-bond donors (Lipinski definition) is 0. The van der Waals surface area contributed by atoms with E-state index in [4.69, 9.17) is 0 Å². The Balaban J connectivity index is 0.000000202. The first kappa shape index (κ1) is 11.2. The van der Waals surface area contributed by atoms with Gasteiger partial charge >= 0.3 is 5.97 Å². The maximum atomic E-state index is 9.84. The zero-order valence-electron chi connectivity index (χ0n) is 7.84. The molecular formula is C10H18O2. The SMILES string of the molecule is C1CCCCC1.C=CC(=O)OC. The van der Waals surface area contributed by atoms with Crippen molar-refractivity contribution in [3.05, 3.63) is 12.7 Å². The van der Waals surface area contributed by atoms with Crippen molar-refractivity contribution >= 4 is 5.97 Å². The Hall–Kier alpha value is -0.790. The van der Waals surface area contributed by atoms with Gasteiger partial charge in [-0.05, 0) is 0 Å². The molecule has 0 spiro atoms. The molecule has 1 rings (SSSR count). The zero-order chi connectivity index (χ0) is 9.23. The summed E-state index contributed by atoms with van der Waals surface area (Å²) in [6.07, 6.45) is 10.1. The highest BCUT2D eigenvalue weighted by Crippen LogP contribution is 2.15. The number of rotatable bonds is 1. The van der Waals surface area contributed by atoms with E-state index in [9.17, 15) is 4.79 Å². The molecule has 0 amide bonds. The maximum absolute atomic E-state index is 9.84. The van der Waals surface area contributed by atoms with Crippen LogP contribution in [0.25, 0.3) is 0 Å². The van der Waals surface area contributed by atoms with E-state index in [1.54, 1.807) is 0 Å². The topological polar surface area (TPSA) is 26.3 Å². The first-order chi connectivity index (χ1) is 5.81. The molecule has 0 unspecified atom stereocenters. The molecule has 0 aromatic carbocycles. The van der Waals surface area contributed by atoms with Crippen molar-refractivity contribution < 1.29 is 9.53 Å². The van der Waals surface area contributed by atoms with Gasteiger partial charge < -0.3 is 4.74 Å². The minimum absolute atomic E-state index is 0.394. The molecule has 0 saturated heterocycles. The van der Waals surface area contributed by atoms with Gasteiger partial charge in [-0.2, -0.15) is 0 Å². The largest absolute Gasteiger partial charge is 0.466 e. The highest BCUT2D eigenvalue weighted by Gasteiger charge is 1.95. The molecule has 0 aromatic heterocycles. The smallest absolute Gasteiger partial charge is 0.329 e. The normalized spacial score (nSPS) is 15.4. The van der Waals surface area contributed by atoms with Crippen LogP contribution in [0.3, 0.4) is 0 Å². The van der Waals surface area contributed by atoms with E-state index in [0.717, 1.165) is 6.08 Å². The summed E-state index contributed by atoms with van der Waals surface area (Å²) in [5.41, 5.74) is 0. The third-order valence-corrected chi connectivity index (χ3v) is 1.87. The van der Waals surface area contributed by atoms with Gasteiger partial charge in [0.2, 0.25) is 0 Å². The lowest BCUT2D eigenvalue weighted by atomic mass is 10.0. The molecule has 0 aromatic rings. The molecule has 70 valence electrons. The second-order valence-corrected chi connectivity index (χ2v) is 2.85. The highest BCUT2D eigenvalue weighted by molar-refractivity contribution is 5.80.